The van der Waals surface area contributed by atoms with Gasteiger partial charge >= 0.3 is 0 Å². The van der Waals surface area contributed by atoms with Crippen LogP contribution in [0.2, 0.25) is 0 Å². The largest absolute Gasteiger partial charge is 0.341 e. The van der Waals surface area contributed by atoms with E-state index in [1.54, 1.807) is 30.3 Å². The number of benzene rings is 2. The minimum atomic E-state index is 0.0394. The van der Waals surface area contributed by atoms with E-state index in [9.17, 15) is 4.79 Å². The number of hydrogen-bond acceptors (Lipinski definition) is 3. The van der Waals surface area contributed by atoms with Crippen LogP contribution in [0.3, 0.4) is 0 Å². The Balaban J connectivity index is 1.72. The fraction of sp³-hybridized carbons (Fsp3) is 0.150. The second kappa shape index (κ2) is 6.93. The summed E-state index contributed by atoms with van der Waals surface area (Å²) in [4.78, 5) is 18.6. The molecule has 0 fully saturated rings. The van der Waals surface area contributed by atoms with Crippen LogP contribution < -0.4 is 0 Å². The van der Waals surface area contributed by atoms with Gasteiger partial charge in [0.25, 0.3) is 0 Å². The Hall–Kier alpha value is -3.19. The number of nitriles is 1. The lowest BCUT2D eigenvalue weighted by atomic mass is 10.1. The Morgan fingerprint density at radius 2 is 1.88 bits per heavy atom. The van der Waals surface area contributed by atoms with Crippen LogP contribution in [0.25, 0.3) is 10.9 Å². The van der Waals surface area contributed by atoms with Crippen LogP contribution in [0.15, 0.2) is 60.8 Å². The van der Waals surface area contributed by atoms with E-state index < -0.39 is 0 Å². The molecule has 0 aliphatic heterocycles. The van der Waals surface area contributed by atoms with Gasteiger partial charge in [-0.05, 0) is 29.3 Å². The van der Waals surface area contributed by atoms with E-state index in [-0.39, 0.29) is 5.91 Å². The molecule has 2 aromatic carbocycles. The number of fused-ring (bicyclic) bond motifs is 1. The molecule has 0 N–H and O–H groups in total. The lowest BCUT2D eigenvalue weighted by molar-refractivity contribution is -0.129. The zero-order valence-corrected chi connectivity index (χ0v) is 13.4. The first-order valence-electron chi connectivity index (χ1n) is 7.73. The maximum Gasteiger partial charge on any atom is 0.227 e. The highest BCUT2D eigenvalue weighted by molar-refractivity contribution is 5.87. The average Bonchev–Trinajstić information content (AvgIpc) is 2.62. The van der Waals surface area contributed by atoms with Gasteiger partial charge in [-0.2, -0.15) is 5.26 Å². The van der Waals surface area contributed by atoms with Gasteiger partial charge in [0.2, 0.25) is 5.91 Å². The first-order chi connectivity index (χ1) is 11.7. The van der Waals surface area contributed by atoms with E-state index in [4.69, 9.17) is 5.26 Å². The van der Waals surface area contributed by atoms with E-state index >= 15 is 0 Å². The Bertz CT molecular complexity index is 905. The number of pyridine rings is 1. The van der Waals surface area contributed by atoms with Crippen LogP contribution in [0.4, 0.5) is 0 Å². The highest BCUT2D eigenvalue weighted by atomic mass is 16.2. The van der Waals surface area contributed by atoms with Gasteiger partial charge in [-0.15, -0.1) is 0 Å². The fourth-order valence-electron chi connectivity index (χ4n) is 2.65. The van der Waals surface area contributed by atoms with Crippen LogP contribution in [-0.2, 0) is 17.8 Å². The van der Waals surface area contributed by atoms with Crippen LogP contribution >= 0.6 is 0 Å². The molecule has 118 valence electrons. The van der Waals surface area contributed by atoms with Crippen molar-refractivity contribution < 1.29 is 4.79 Å². The summed E-state index contributed by atoms with van der Waals surface area (Å²) in [6.07, 6.45) is 2.07. The molecule has 1 amide bonds. The molecule has 0 saturated carbocycles. The summed E-state index contributed by atoms with van der Waals surface area (Å²) in [5.74, 6) is 0.0394. The number of nitrogens with zero attached hydrogens (tertiary/aromatic N) is 3. The first kappa shape index (κ1) is 15.7. The topological polar surface area (TPSA) is 57.0 Å². The quantitative estimate of drug-likeness (QED) is 0.742. The predicted octanol–water partition coefficient (Wildman–Crippen LogP) is 3.31. The number of amides is 1. The number of hydrogen-bond donors (Lipinski definition) is 0. The van der Waals surface area contributed by atoms with Crippen molar-refractivity contribution in [1.29, 1.82) is 5.26 Å². The molecule has 0 aliphatic carbocycles. The second-order valence-corrected chi connectivity index (χ2v) is 5.73. The van der Waals surface area contributed by atoms with Gasteiger partial charge < -0.3 is 4.90 Å². The molecule has 0 saturated heterocycles. The lowest BCUT2D eigenvalue weighted by Gasteiger charge is -2.18. The number of aromatic nitrogens is 1. The highest BCUT2D eigenvalue weighted by Crippen LogP contribution is 2.17. The number of likely N-dealkylation sites (N-methyl/N-ethyl adjacent to an activating group) is 1. The Kier molecular flexibility index (Phi) is 4.53. The molecule has 0 spiro atoms. The van der Waals surface area contributed by atoms with Gasteiger partial charge in [-0.1, -0.05) is 36.4 Å². The van der Waals surface area contributed by atoms with Crippen molar-refractivity contribution >= 4 is 16.8 Å². The summed E-state index contributed by atoms with van der Waals surface area (Å²) in [6, 6.07) is 19.2. The molecule has 3 aromatic rings. The van der Waals surface area contributed by atoms with Crippen molar-refractivity contribution in [2.24, 2.45) is 0 Å². The molecule has 24 heavy (non-hydrogen) atoms. The van der Waals surface area contributed by atoms with E-state index in [2.05, 4.69) is 11.1 Å². The van der Waals surface area contributed by atoms with Gasteiger partial charge in [-0.3, -0.25) is 9.78 Å². The standard InChI is InChI=1S/C20H17N3O/c1-23(14-16-9-7-15(13-21)8-10-16)19(24)12-18-5-2-4-17-6-3-11-22-20(17)18/h2-11H,12,14H2,1H3. The maximum atomic E-state index is 12.5. The minimum absolute atomic E-state index is 0.0394. The van der Waals surface area contributed by atoms with E-state index in [1.165, 1.54) is 0 Å². The summed E-state index contributed by atoms with van der Waals surface area (Å²) in [7, 11) is 1.79. The van der Waals surface area contributed by atoms with Crippen LogP contribution in [0.1, 0.15) is 16.7 Å². The molecule has 0 atom stereocenters. The molecule has 1 aromatic heterocycles. The molecule has 4 nitrogen and oxygen atoms in total. The zero-order valence-electron chi connectivity index (χ0n) is 13.4. The predicted molar refractivity (Wildman–Crippen MR) is 93.1 cm³/mol. The number of rotatable bonds is 4. The molecule has 0 unspecified atom stereocenters. The van der Waals surface area contributed by atoms with Crippen LogP contribution in [0.5, 0.6) is 0 Å². The van der Waals surface area contributed by atoms with Gasteiger partial charge in [0.15, 0.2) is 0 Å². The van der Waals surface area contributed by atoms with Crippen LogP contribution in [0, 0.1) is 11.3 Å². The Morgan fingerprint density at radius 3 is 2.62 bits per heavy atom. The monoisotopic (exact) mass is 315 g/mol. The van der Waals surface area contributed by atoms with Crippen molar-refractivity contribution in [2.45, 2.75) is 13.0 Å². The summed E-state index contributed by atoms with van der Waals surface area (Å²) < 4.78 is 0. The first-order valence-corrected chi connectivity index (χ1v) is 7.73. The number of carbonyl (C=O) groups is 1. The molecule has 3 rings (SSSR count). The molecule has 0 aliphatic rings. The third kappa shape index (κ3) is 3.41. The Morgan fingerprint density at radius 1 is 1.12 bits per heavy atom. The van der Waals surface area contributed by atoms with Gasteiger partial charge in [-0.25, -0.2) is 0 Å². The molecular formula is C20H17N3O. The molecule has 4 heteroatoms. The lowest BCUT2D eigenvalue weighted by Crippen LogP contribution is -2.27. The highest BCUT2D eigenvalue weighted by Gasteiger charge is 2.12. The van der Waals surface area contributed by atoms with Crippen molar-refractivity contribution in [2.75, 3.05) is 7.05 Å². The van der Waals surface area contributed by atoms with Gasteiger partial charge in [0.1, 0.15) is 0 Å². The van der Waals surface area contributed by atoms with Crippen molar-refractivity contribution in [1.82, 2.24) is 9.88 Å². The zero-order chi connectivity index (χ0) is 16.9. The fourth-order valence-corrected chi connectivity index (χ4v) is 2.65. The summed E-state index contributed by atoms with van der Waals surface area (Å²) in [5, 5.41) is 9.87. The summed E-state index contributed by atoms with van der Waals surface area (Å²) in [6.45, 7) is 0.517. The smallest absolute Gasteiger partial charge is 0.227 e. The van der Waals surface area contributed by atoms with Crippen molar-refractivity contribution in [3.8, 4) is 6.07 Å². The summed E-state index contributed by atoms with van der Waals surface area (Å²) in [5.41, 5.74) is 3.43. The Labute approximate surface area is 141 Å². The normalized spacial score (nSPS) is 10.3. The van der Waals surface area contributed by atoms with E-state index in [0.717, 1.165) is 22.0 Å². The molecule has 1 heterocycles. The van der Waals surface area contributed by atoms with Crippen molar-refractivity contribution in [3.63, 3.8) is 0 Å². The summed E-state index contributed by atoms with van der Waals surface area (Å²) >= 11 is 0. The second-order valence-electron chi connectivity index (χ2n) is 5.73. The number of para-hydroxylation sites is 1. The number of carbonyl (C=O) groups excluding carboxylic acids is 1. The average molecular weight is 315 g/mol. The van der Waals surface area contributed by atoms with E-state index in [0.29, 0.717) is 18.5 Å². The molecule has 0 radical (unpaired) electrons. The molecule has 0 bridgehead atoms. The van der Waals surface area contributed by atoms with Crippen LogP contribution in [-0.4, -0.2) is 22.8 Å². The molecular weight excluding hydrogens is 298 g/mol. The van der Waals surface area contributed by atoms with E-state index in [1.807, 2.05) is 42.5 Å². The van der Waals surface area contributed by atoms with Gasteiger partial charge in [0, 0.05) is 25.2 Å². The SMILES string of the molecule is CN(Cc1ccc(C#N)cc1)C(=O)Cc1cccc2cccnc12. The minimum Gasteiger partial charge on any atom is -0.341 e. The van der Waals surface area contributed by atoms with Gasteiger partial charge in [0.05, 0.1) is 23.6 Å². The maximum absolute atomic E-state index is 12.5. The third-order valence-electron chi connectivity index (χ3n) is 3.99. The van der Waals surface area contributed by atoms with Crippen molar-refractivity contribution in [3.05, 3.63) is 77.5 Å². The third-order valence-corrected chi connectivity index (χ3v) is 3.99.